The molecular weight excluding hydrogens is 821 g/mol. The fourth-order valence-corrected chi connectivity index (χ4v) is 9.92. The van der Waals surface area contributed by atoms with Gasteiger partial charge in [-0.1, -0.05) is 218 Å². The second-order valence-corrected chi connectivity index (χ2v) is 17.6. The maximum atomic E-state index is 3.89. The third-order valence-corrected chi connectivity index (χ3v) is 13.3. The molecule has 2 aliphatic rings. The van der Waals surface area contributed by atoms with Gasteiger partial charge in [-0.3, -0.25) is 0 Å². The highest BCUT2D eigenvalue weighted by Crippen LogP contribution is 2.43. The lowest BCUT2D eigenvalue weighted by Crippen LogP contribution is -2.26. The lowest BCUT2D eigenvalue weighted by molar-refractivity contribution is 0.759. The van der Waals surface area contributed by atoms with Gasteiger partial charge in [0.15, 0.2) is 0 Å². The van der Waals surface area contributed by atoms with Gasteiger partial charge in [-0.15, -0.1) is 0 Å². The molecule has 2 nitrogen and oxygen atoms in total. The van der Waals surface area contributed by atoms with Crippen molar-refractivity contribution in [1.82, 2.24) is 0 Å². The van der Waals surface area contributed by atoms with Crippen molar-refractivity contribution in [2.24, 2.45) is 0 Å². The molecule has 0 aromatic heterocycles. The van der Waals surface area contributed by atoms with E-state index in [4.69, 9.17) is 0 Å². The lowest BCUT2D eigenvalue weighted by Gasteiger charge is -2.30. The van der Waals surface area contributed by atoms with Crippen LogP contribution in [0.25, 0.3) is 55.7 Å². The summed E-state index contributed by atoms with van der Waals surface area (Å²) in [6, 6.07) is 85.6. The SMILES string of the molecule is C1=CC(c2ccc(N(c3ccccc3)c3ccc(-c4ccccc4C4=CC(c5ccc(-c6ccccc6)c(-c6ccccc6)c5)C(Nc5ccccc5)C=C4)cc3)cc2-c2ccccc2)=CCC1. The number of hydrogen-bond acceptors (Lipinski definition) is 2. The van der Waals surface area contributed by atoms with Crippen LogP contribution in [-0.2, 0) is 0 Å². The molecular formula is C66H52N2. The number of benzene rings is 9. The van der Waals surface area contributed by atoms with Crippen molar-refractivity contribution < 1.29 is 0 Å². The van der Waals surface area contributed by atoms with Crippen LogP contribution in [0.15, 0.2) is 273 Å². The van der Waals surface area contributed by atoms with Crippen LogP contribution in [0.4, 0.5) is 22.7 Å². The summed E-state index contributed by atoms with van der Waals surface area (Å²) in [6.07, 6.45) is 16.2. The molecule has 9 aromatic carbocycles. The Morgan fingerprint density at radius 2 is 0.868 bits per heavy atom. The zero-order chi connectivity index (χ0) is 45.5. The van der Waals surface area contributed by atoms with E-state index in [1.54, 1.807) is 0 Å². The zero-order valence-electron chi connectivity index (χ0n) is 38.0. The van der Waals surface area contributed by atoms with E-state index in [1.807, 2.05) is 0 Å². The third-order valence-electron chi connectivity index (χ3n) is 13.3. The molecule has 11 rings (SSSR count). The van der Waals surface area contributed by atoms with Crippen molar-refractivity contribution in [1.29, 1.82) is 0 Å². The molecule has 0 amide bonds. The molecule has 2 heteroatoms. The second kappa shape index (κ2) is 19.6. The molecule has 2 aliphatic carbocycles. The largest absolute Gasteiger partial charge is 0.378 e. The van der Waals surface area contributed by atoms with Gasteiger partial charge >= 0.3 is 0 Å². The Morgan fingerprint density at radius 3 is 1.51 bits per heavy atom. The summed E-state index contributed by atoms with van der Waals surface area (Å²) in [5, 5.41) is 3.89. The summed E-state index contributed by atoms with van der Waals surface area (Å²) in [6.45, 7) is 0. The van der Waals surface area contributed by atoms with Gasteiger partial charge in [0.1, 0.15) is 0 Å². The summed E-state index contributed by atoms with van der Waals surface area (Å²) in [4.78, 5) is 2.38. The van der Waals surface area contributed by atoms with E-state index in [9.17, 15) is 0 Å². The highest BCUT2D eigenvalue weighted by molar-refractivity contribution is 5.92. The molecule has 0 fully saturated rings. The van der Waals surface area contributed by atoms with Crippen molar-refractivity contribution in [3.05, 3.63) is 290 Å². The van der Waals surface area contributed by atoms with Crippen molar-refractivity contribution in [3.63, 3.8) is 0 Å². The zero-order valence-corrected chi connectivity index (χ0v) is 38.0. The van der Waals surface area contributed by atoms with Gasteiger partial charge in [0.25, 0.3) is 0 Å². The molecule has 68 heavy (non-hydrogen) atoms. The average molecular weight is 873 g/mol. The molecule has 0 heterocycles. The van der Waals surface area contributed by atoms with Gasteiger partial charge in [-0.25, -0.2) is 0 Å². The van der Waals surface area contributed by atoms with Gasteiger partial charge < -0.3 is 10.2 Å². The number of nitrogens with one attached hydrogen (secondary N) is 1. The first-order valence-electron chi connectivity index (χ1n) is 23.8. The average Bonchev–Trinajstić information content (AvgIpc) is 3.43. The van der Waals surface area contributed by atoms with Gasteiger partial charge in [0.05, 0.1) is 6.04 Å². The number of anilines is 4. The number of rotatable bonds is 12. The van der Waals surface area contributed by atoms with Crippen LogP contribution in [0.5, 0.6) is 0 Å². The fourth-order valence-electron chi connectivity index (χ4n) is 9.92. The Balaban J connectivity index is 0.974. The summed E-state index contributed by atoms with van der Waals surface area (Å²) < 4.78 is 0. The molecule has 2 unspecified atom stereocenters. The number of hydrogen-bond donors (Lipinski definition) is 1. The predicted molar refractivity (Wildman–Crippen MR) is 289 cm³/mol. The summed E-state index contributed by atoms with van der Waals surface area (Å²) in [7, 11) is 0. The van der Waals surface area contributed by atoms with Gasteiger partial charge in [-0.2, -0.15) is 0 Å². The Labute approximate surface area is 401 Å². The molecule has 0 spiro atoms. The number of allylic oxidation sites excluding steroid dienone is 6. The highest BCUT2D eigenvalue weighted by atomic mass is 15.1. The van der Waals surface area contributed by atoms with E-state index in [0.29, 0.717) is 0 Å². The Hall–Kier alpha value is -8.46. The van der Waals surface area contributed by atoms with Gasteiger partial charge in [0.2, 0.25) is 0 Å². The molecule has 0 saturated heterocycles. The van der Waals surface area contributed by atoms with Crippen LogP contribution in [-0.4, -0.2) is 6.04 Å². The van der Waals surface area contributed by atoms with Crippen LogP contribution in [0, 0.1) is 0 Å². The molecule has 0 radical (unpaired) electrons. The van der Waals surface area contributed by atoms with Crippen LogP contribution < -0.4 is 10.2 Å². The predicted octanol–water partition coefficient (Wildman–Crippen LogP) is 17.8. The maximum absolute atomic E-state index is 3.89. The second-order valence-electron chi connectivity index (χ2n) is 17.6. The van der Waals surface area contributed by atoms with Crippen molar-refractivity contribution in [2.45, 2.75) is 24.8 Å². The van der Waals surface area contributed by atoms with Crippen LogP contribution in [0.1, 0.15) is 35.4 Å². The standard InChI is InChI=1S/C66H52N2/c1-7-21-48(22-8-1)61-42-37-54(45-63(61)50-25-11-3-12-26-50)65-46-53(38-44-66(65)67-55-29-15-5-16-30-55)60-34-20-19-33-59(60)52-35-39-57(40-36-52)68(56-31-17-6-18-32-56)58-41-43-62(49-23-9-2-10-24-49)64(47-58)51-27-13-4-14-28-51/h1,3-9,11-47,65-67H,2,10H2. The topological polar surface area (TPSA) is 15.3 Å². The van der Waals surface area contributed by atoms with Crippen LogP contribution >= 0.6 is 0 Å². The minimum absolute atomic E-state index is 0.0371. The molecule has 1 N–H and O–H groups in total. The van der Waals surface area contributed by atoms with Crippen molar-refractivity contribution >= 4 is 33.9 Å². The monoisotopic (exact) mass is 872 g/mol. The summed E-state index contributed by atoms with van der Waals surface area (Å²) >= 11 is 0. The number of para-hydroxylation sites is 2. The highest BCUT2D eigenvalue weighted by Gasteiger charge is 2.26. The third kappa shape index (κ3) is 8.93. The molecule has 0 saturated carbocycles. The van der Waals surface area contributed by atoms with Gasteiger partial charge in [-0.05, 0) is 140 Å². The van der Waals surface area contributed by atoms with E-state index in [0.717, 1.165) is 35.6 Å². The fraction of sp³-hybridized carbons (Fsp3) is 0.0606. The number of nitrogens with zero attached hydrogens (tertiary/aromatic N) is 1. The summed E-state index contributed by atoms with van der Waals surface area (Å²) in [5.74, 6) is 0.0509. The first-order valence-corrected chi connectivity index (χ1v) is 23.8. The molecule has 2 atom stereocenters. The lowest BCUT2D eigenvalue weighted by atomic mass is 9.80. The minimum atomic E-state index is 0.0371. The van der Waals surface area contributed by atoms with E-state index >= 15 is 0 Å². The summed E-state index contributed by atoms with van der Waals surface area (Å²) in [5.41, 5.74) is 20.3. The van der Waals surface area contributed by atoms with Crippen LogP contribution in [0.2, 0.25) is 0 Å². The van der Waals surface area contributed by atoms with E-state index in [2.05, 4.69) is 283 Å². The quantitative estimate of drug-likeness (QED) is 0.132. The maximum Gasteiger partial charge on any atom is 0.0551 e. The molecule has 9 aromatic rings. The minimum Gasteiger partial charge on any atom is -0.378 e. The normalized spacial score (nSPS) is 15.3. The Kier molecular flexibility index (Phi) is 12.1. The van der Waals surface area contributed by atoms with Gasteiger partial charge in [0, 0.05) is 28.7 Å². The molecule has 0 aliphatic heterocycles. The van der Waals surface area contributed by atoms with Crippen molar-refractivity contribution in [3.8, 4) is 44.5 Å². The van der Waals surface area contributed by atoms with Crippen LogP contribution in [0.3, 0.4) is 0 Å². The first kappa shape index (κ1) is 42.2. The Morgan fingerprint density at radius 1 is 0.368 bits per heavy atom. The van der Waals surface area contributed by atoms with Crippen molar-refractivity contribution in [2.75, 3.05) is 10.2 Å². The van der Waals surface area contributed by atoms with E-state index in [1.165, 1.54) is 72.3 Å². The molecule has 326 valence electrons. The van der Waals surface area contributed by atoms with E-state index in [-0.39, 0.29) is 12.0 Å². The van der Waals surface area contributed by atoms with E-state index < -0.39 is 0 Å². The smallest absolute Gasteiger partial charge is 0.0551 e. The molecule has 0 bridgehead atoms. The first-order chi connectivity index (χ1) is 33.7. The Bertz CT molecular complexity index is 3280.